The molecule has 2 aromatic heterocycles. The molecule has 0 radical (unpaired) electrons. The first-order valence-corrected chi connectivity index (χ1v) is 8.16. The van der Waals surface area contributed by atoms with Gasteiger partial charge in [0.25, 0.3) is 0 Å². The minimum atomic E-state index is 0.846. The molecule has 4 rings (SSSR count). The number of hydrogen-bond acceptors (Lipinski definition) is 6. The molecular weight excluding hydrogens is 324 g/mol. The highest BCUT2D eigenvalue weighted by Crippen LogP contribution is 2.21. The fourth-order valence-corrected chi connectivity index (χ4v) is 2.67. The van der Waals surface area contributed by atoms with Gasteiger partial charge in [-0.2, -0.15) is 10.2 Å². The summed E-state index contributed by atoms with van der Waals surface area (Å²) in [5.74, 6) is 0. The second kappa shape index (κ2) is 7.40. The Bertz CT molecular complexity index is 1000. The number of rotatable bonds is 5. The van der Waals surface area contributed by atoms with E-state index in [9.17, 15) is 0 Å². The van der Waals surface area contributed by atoms with Crippen LogP contribution in [0.25, 0.3) is 21.8 Å². The number of hydrogen-bond donors (Lipinski definition) is 2. The van der Waals surface area contributed by atoms with Crippen molar-refractivity contribution < 1.29 is 0 Å². The maximum Gasteiger partial charge on any atom is 0.0951 e. The Morgan fingerprint density at radius 3 is 1.58 bits per heavy atom. The second-order valence-corrected chi connectivity index (χ2v) is 5.54. The lowest BCUT2D eigenvalue weighted by molar-refractivity contribution is 1.33. The molecule has 0 amide bonds. The van der Waals surface area contributed by atoms with Crippen molar-refractivity contribution in [3.05, 3.63) is 73.1 Å². The Morgan fingerprint density at radius 1 is 0.615 bits per heavy atom. The second-order valence-electron chi connectivity index (χ2n) is 5.54. The van der Waals surface area contributed by atoms with E-state index in [0.29, 0.717) is 0 Å². The number of fused-ring (bicyclic) bond motifs is 2. The van der Waals surface area contributed by atoms with Crippen LogP contribution < -0.4 is 10.9 Å². The van der Waals surface area contributed by atoms with Crippen LogP contribution in [0.15, 0.2) is 83.3 Å². The van der Waals surface area contributed by atoms with Gasteiger partial charge >= 0.3 is 0 Å². The minimum Gasteiger partial charge on any atom is -0.276 e. The lowest BCUT2D eigenvalue weighted by Crippen LogP contribution is -1.95. The van der Waals surface area contributed by atoms with Crippen LogP contribution in [0, 0.1) is 0 Å². The molecule has 0 saturated carbocycles. The van der Waals surface area contributed by atoms with E-state index in [1.54, 1.807) is 24.8 Å². The summed E-state index contributed by atoms with van der Waals surface area (Å²) in [6.45, 7) is 0. The van der Waals surface area contributed by atoms with Crippen LogP contribution >= 0.6 is 0 Å². The maximum atomic E-state index is 4.38. The number of aromatic nitrogens is 2. The van der Waals surface area contributed by atoms with E-state index in [1.807, 2.05) is 60.7 Å². The summed E-state index contributed by atoms with van der Waals surface area (Å²) in [6, 6.07) is 19.7. The van der Waals surface area contributed by atoms with E-state index in [2.05, 4.69) is 31.0 Å². The standard InChI is InChI=1S/C20H16N6/c1-5-15-7-3-11-21-19(15)17(9-1)25-23-13-14-24-26-18-10-2-6-16-8-4-12-22-20(16)18/h1-14,25-26H. The van der Waals surface area contributed by atoms with Crippen LogP contribution in [-0.4, -0.2) is 22.4 Å². The van der Waals surface area contributed by atoms with Crippen LogP contribution in [0.3, 0.4) is 0 Å². The van der Waals surface area contributed by atoms with Gasteiger partial charge in [-0.05, 0) is 24.3 Å². The zero-order chi connectivity index (χ0) is 17.6. The lowest BCUT2D eigenvalue weighted by Gasteiger charge is -2.04. The zero-order valence-electron chi connectivity index (χ0n) is 13.9. The van der Waals surface area contributed by atoms with Crippen molar-refractivity contribution in [3.63, 3.8) is 0 Å². The summed E-state index contributed by atoms with van der Waals surface area (Å²) < 4.78 is 0. The van der Waals surface area contributed by atoms with E-state index >= 15 is 0 Å². The summed E-state index contributed by atoms with van der Waals surface area (Å²) in [5.41, 5.74) is 9.43. The van der Waals surface area contributed by atoms with Crippen LogP contribution in [0.5, 0.6) is 0 Å². The fraction of sp³-hybridized carbons (Fsp3) is 0. The highest BCUT2D eigenvalue weighted by molar-refractivity contribution is 6.16. The largest absolute Gasteiger partial charge is 0.276 e. The summed E-state index contributed by atoms with van der Waals surface area (Å²) in [5, 5.41) is 10.5. The Kier molecular flexibility index (Phi) is 4.47. The van der Waals surface area contributed by atoms with Gasteiger partial charge < -0.3 is 0 Å². The Balaban J connectivity index is 1.42. The van der Waals surface area contributed by atoms with Gasteiger partial charge in [0.15, 0.2) is 0 Å². The molecule has 0 unspecified atom stereocenters. The van der Waals surface area contributed by atoms with Crippen molar-refractivity contribution in [1.82, 2.24) is 9.97 Å². The number of benzene rings is 2. The van der Waals surface area contributed by atoms with Gasteiger partial charge in [-0.1, -0.05) is 36.4 Å². The van der Waals surface area contributed by atoms with Gasteiger partial charge in [-0.15, -0.1) is 0 Å². The molecule has 0 aliphatic heterocycles. The zero-order valence-corrected chi connectivity index (χ0v) is 13.9. The van der Waals surface area contributed by atoms with Crippen LogP contribution in [0.2, 0.25) is 0 Å². The number of anilines is 2. The maximum absolute atomic E-state index is 4.38. The first kappa shape index (κ1) is 15.7. The van der Waals surface area contributed by atoms with Crippen molar-refractivity contribution in [2.24, 2.45) is 10.2 Å². The number of hydrazone groups is 2. The molecule has 0 aliphatic carbocycles. The van der Waals surface area contributed by atoms with Gasteiger partial charge in [0, 0.05) is 23.2 Å². The summed E-state index contributed by atoms with van der Waals surface area (Å²) >= 11 is 0. The molecule has 0 saturated heterocycles. The van der Waals surface area contributed by atoms with E-state index in [1.165, 1.54) is 0 Å². The van der Waals surface area contributed by atoms with Gasteiger partial charge in [-0.25, -0.2) is 0 Å². The van der Waals surface area contributed by atoms with E-state index in [-0.39, 0.29) is 0 Å². The van der Waals surface area contributed by atoms with Crippen molar-refractivity contribution in [3.8, 4) is 0 Å². The fourth-order valence-electron chi connectivity index (χ4n) is 2.67. The third-order valence-corrected chi connectivity index (χ3v) is 3.85. The Labute approximate surface area is 150 Å². The Morgan fingerprint density at radius 2 is 1.08 bits per heavy atom. The molecule has 4 aromatic rings. The lowest BCUT2D eigenvalue weighted by atomic mass is 10.2. The topological polar surface area (TPSA) is 74.6 Å². The first-order chi connectivity index (χ1) is 12.9. The SMILES string of the molecule is C(C=NNc1cccc2cccnc12)=NNc1cccc2cccnc12. The number of nitrogens with one attached hydrogen (secondary N) is 2. The van der Waals surface area contributed by atoms with E-state index in [4.69, 9.17) is 0 Å². The molecule has 0 fully saturated rings. The molecule has 2 aromatic carbocycles. The van der Waals surface area contributed by atoms with Crippen LogP contribution in [-0.2, 0) is 0 Å². The predicted octanol–water partition coefficient (Wildman–Crippen LogP) is 4.28. The molecular formula is C20H16N6. The number of pyridine rings is 2. The molecule has 0 aliphatic rings. The quantitative estimate of drug-likeness (QED) is 0.420. The van der Waals surface area contributed by atoms with Crippen molar-refractivity contribution in [1.29, 1.82) is 0 Å². The third-order valence-electron chi connectivity index (χ3n) is 3.85. The molecule has 0 bridgehead atoms. The first-order valence-electron chi connectivity index (χ1n) is 8.16. The molecule has 0 spiro atoms. The predicted molar refractivity (Wildman–Crippen MR) is 108 cm³/mol. The van der Waals surface area contributed by atoms with Gasteiger partial charge in [0.1, 0.15) is 0 Å². The van der Waals surface area contributed by atoms with E-state index in [0.717, 1.165) is 33.2 Å². The molecule has 26 heavy (non-hydrogen) atoms. The Hall–Kier alpha value is -3.80. The summed E-state index contributed by atoms with van der Waals surface area (Å²) in [4.78, 5) is 8.75. The van der Waals surface area contributed by atoms with Crippen molar-refractivity contribution in [2.75, 3.05) is 10.9 Å². The molecule has 6 nitrogen and oxygen atoms in total. The summed E-state index contributed by atoms with van der Waals surface area (Å²) in [6.07, 6.45) is 6.68. The van der Waals surface area contributed by atoms with E-state index < -0.39 is 0 Å². The normalized spacial score (nSPS) is 11.5. The number of para-hydroxylation sites is 2. The molecule has 2 heterocycles. The minimum absolute atomic E-state index is 0.846. The molecule has 126 valence electrons. The smallest absolute Gasteiger partial charge is 0.0951 e. The number of nitrogens with zero attached hydrogens (tertiary/aromatic N) is 4. The monoisotopic (exact) mass is 340 g/mol. The van der Waals surface area contributed by atoms with Crippen molar-refractivity contribution in [2.45, 2.75) is 0 Å². The molecule has 2 N–H and O–H groups in total. The van der Waals surface area contributed by atoms with Gasteiger partial charge in [-0.3, -0.25) is 20.8 Å². The van der Waals surface area contributed by atoms with Crippen LogP contribution in [0.1, 0.15) is 0 Å². The third kappa shape index (κ3) is 3.34. The highest BCUT2D eigenvalue weighted by atomic mass is 15.3. The molecule has 0 atom stereocenters. The van der Waals surface area contributed by atoms with Crippen molar-refractivity contribution >= 4 is 45.6 Å². The summed E-state index contributed by atoms with van der Waals surface area (Å²) in [7, 11) is 0. The average Bonchev–Trinajstić information content (AvgIpc) is 2.71. The highest BCUT2D eigenvalue weighted by Gasteiger charge is 2.00. The molecule has 6 heteroatoms. The van der Waals surface area contributed by atoms with Crippen LogP contribution in [0.4, 0.5) is 11.4 Å². The average molecular weight is 340 g/mol. The van der Waals surface area contributed by atoms with Gasteiger partial charge in [0.2, 0.25) is 0 Å². The van der Waals surface area contributed by atoms with Gasteiger partial charge in [0.05, 0.1) is 34.8 Å².